The highest BCUT2D eigenvalue weighted by Gasteiger charge is 2.34. The summed E-state index contributed by atoms with van der Waals surface area (Å²) >= 11 is 6.31. The van der Waals surface area contributed by atoms with Crippen LogP contribution in [0.4, 0.5) is 5.69 Å². The fraction of sp³-hybridized carbons (Fsp3) is 0.167. The molecule has 2 amide bonds. The van der Waals surface area contributed by atoms with Crippen molar-refractivity contribution in [2.24, 2.45) is 5.10 Å². The number of para-hydroxylation sites is 1. The number of thioether (sulfide) groups is 1. The van der Waals surface area contributed by atoms with Gasteiger partial charge in [0.15, 0.2) is 10.0 Å². The normalized spacial score (nSPS) is 20.7. The van der Waals surface area contributed by atoms with E-state index in [0.29, 0.717) is 4.32 Å². The van der Waals surface area contributed by atoms with Crippen LogP contribution >= 0.6 is 24.0 Å². The topological polar surface area (TPSA) is 53.0 Å². The van der Waals surface area contributed by atoms with Crippen LogP contribution in [0.1, 0.15) is 5.56 Å². The lowest BCUT2D eigenvalue weighted by Gasteiger charge is -2.09. The molecule has 0 aromatic heterocycles. The lowest BCUT2D eigenvalue weighted by atomic mass is 10.1. The predicted octanol–water partition coefficient (Wildman–Crippen LogP) is 1.23. The van der Waals surface area contributed by atoms with Gasteiger partial charge in [0, 0.05) is 12.6 Å². The summed E-state index contributed by atoms with van der Waals surface area (Å²) in [7, 11) is 1.68. The van der Waals surface area contributed by atoms with Gasteiger partial charge in [0.05, 0.1) is 11.4 Å². The second-order valence-electron chi connectivity index (χ2n) is 4.09. The maximum absolute atomic E-state index is 12.2. The Hall–Kier alpha value is -1.73. The Morgan fingerprint density at radius 1 is 1.32 bits per heavy atom. The van der Waals surface area contributed by atoms with Crippen LogP contribution in [-0.4, -0.2) is 39.7 Å². The monoisotopic (exact) mass is 291 g/mol. The molecule has 0 aliphatic carbocycles. The van der Waals surface area contributed by atoms with Crippen LogP contribution < -0.4 is 4.90 Å². The average Bonchev–Trinajstić information content (AvgIpc) is 2.85. The number of anilines is 1. The van der Waals surface area contributed by atoms with Crippen LogP contribution in [0.15, 0.2) is 29.4 Å². The molecule has 19 heavy (non-hydrogen) atoms. The minimum Gasteiger partial charge on any atom is -0.309 e. The first-order valence-electron chi connectivity index (χ1n) is 5.55. The zero-order valence-electron chi connectivity index (χ0n) is 9.99. The van der Waals surface area contributed by atoms with Crippen molar-refractivity contribution in [2.45, 2.75) is 0 Å². The Labute approximate surface area is 119 Å². The van der Waals surface area contributed by atoms with Gasteiger partial charge in [-0.05, 0) is 6.07 Å². The van der Waals surface area contributed by atoms with E-state index in [4.69, 9.17) is 12.2 Å². The van der Waals surface area contributed by atoms with Crippen LogP contribution in [0, 0.1) is 0 Å². The van der Waals surface area contributed by atoms with E-state index < -0.39 is 0 Å². The summed E-state index contributed by atoms with van der Waals surface area (Å²) in [6.07, 6.45) is 0. The molecular formula is C12H9N3O2S2. The van der Waals surface area contributed by atoms with Gasteiger partial charge in [-0.3, -0.25) is 9.59 Å². The van der Waals surface area contributed by atoms with Gasteiger partial charge < -0.3 is 4.90 Å². The van der Waals surface area contributed by atoms with E-state index in [-0.39, 0.29) is 23.3 Å². The second kappa shape index (κ2) is 4.43. The van der Waals surface area contributed by atoms with Crippen molar-refractivity contribution in [3.8, 4) is 0 Å². The van der Waals surface area contributed by atoms with Crippen molar-refractivity contribution in [1.29, 1.82) is 0 Å². The highest BCUT2D eigenvalue weighted by Crippen LogP contribution is 2.29. The zero-order valence-corrected chi connectivity index (χ0v) is 11.6. The molecule has 1 saturated heterocycles. The number of likely N-dealkylation sites (N-methyl/N-ethyl adjacent to an activating group) is 1. The predicted molar refractivity (Wildman–Crippen MR) is 78.3 cm³/mol. The van der Waals surface area contributed by atoms with Crippen molar-refractivity contribution in [2.75, 3.05) is 17.7 Å². The van der Waals surface area contributed by atoms with E-state index in [0.717, 1.165) is 16.3 Å². The number of amides is 2. The molecule has 5 nitrogen and oxygen atoms in total. The first-order valence-corrected chi connectivity index (χ1v) is 6.95. The Bertz CT molecular complexity index is 626. The lowest BCUT2D eigenvalue weighted by molar-refractivity contribution is -0.124. The average molecular weight is 291 g/mol. The quantitative estimate of drug-likeness (QED) is 0.730. The minimum atomic E-state index is -0.228. The number of rotatable bonds is 1. The van der Waals surface area contributed by atoms with Crippen molar-refractivity contribution >= 4 is 51.5 Å². The Balaban J connectivity index is 2.08. The lowest BCUT2D eigenvalue weighted by Crippen LogP contribution is -2.30. The number of thiocarbonyl (C=S) groups is 1. The number of nitrogens with zero attached hydrogens (tertiary/aromatic N) is 3. The number of hydrogen-bond acceptors (Lipinski definition) is 5. The molecule has 0 bridgehead atoms. The molecule has 0 radical (unpaired) electrons. The van der Waals surface area contributed by atoms with E-state index >= 15 is 0 Å². The van der Waals surface area contributed by atoms with Gasteiger partial charge in [-0.15, -0.1) is 0 Å². The Morgan fingerprint density at radius 3 is 2.74 bits per heavy atom. The molecule has 1 aromatic carbocycles. The number of fused-ring (bicyclic) bond motifs is 1. The summed E-state index contributed by atoms with van der Waals surface area (Å²) in [6, 6.07) is 7.34. The molecule has 7 heteroatoms. The SMILES string of the molecule is CN1C(=O)/C(=N\N2C(=O)CSC2=S)c2ccccc21. The molecule has 2 heterocycles. The molecule has 1 aromatic rings. The largest absolute Gasteiger partial charge is 0.309 e. The molecule has 2 aliphatic heterocycles. The smallest absolute Gasteiger partial charge is 0.279 e. The second-order valence-corrected chi connectivity index (χ2v) is 5.70. The van der Waals surface area contributed by atoms with E-state index in [1.54, 1.807) is 7.05 Å². The van der Waals surface area contributed by atoms with Gasteiger partial charge in [-0.25, -0.2) is 0 Å². The summed E-state index contributed by atoms with van der Waals surface area (Å²) in [5.41, 5.74) is 1.77. The molecule has 0 unspecified atom stereocenters. The molecule has 0 N–H and O–H groups in total. The van der Waals surface area contributed by atoms with E-state index in [2.05, 4.69) is 5.10 Å². The first-order chi connectivity index (χ1) is 9.09. The maximum atomic E-state index is 12.2. The minimum absolute atomic E-state index is 0.192. The summed E-state index contributed by atoms with van der Waals surface area (Å²) in [5, 5.41) is 5.30. The fourth-order valence-corrected chi connectivity index (χ4v) is 2.94. The molecular weight excluding hydrogens is 282 g/mol. The number of hydrogen-bond donors (Lipinski definition) is 0. The van der Waals surface area contributed by atoms with Crippen molar-refractivity contribution in [1.82, 2.24) is 5.01 Å². The van der Waals surface area contributed by atoms with Gasteiger partial charge in [-0.1, -0.05) is 42.2 Å². The molecule has 1 fully saturated rings. The van der Waals surface area contributed by atoms with Crippen molar-refractivity contribution < 1.29 is 9.59 Å². The fourth-order valence-electron chi connectivity index (χ4n) is 1.99. The van der Waals surface area contributed by atoms with Crippen molar-refractivity contribution in [3.63, 3.8) is 0 Å². The van der Waals surface area contributed by atoms with Crippen LogP contribution in [0.25, 0.3) is 0 Å². The summed E-state index contributed by atoms with van der Waals surface area (Å²) in [5.74, 6) is -0.141. The maximum Gasteiger partial charge on any atom is 0.279 e. The van der Waals surface area contributed by atoms with Gasteiger partial charge >= 0.3 is 0 Å². The van der Waals surface area contributed by atoms with Gasteiger partial charge in [0.2, 0.25) is 0 Å². The number of carbonyl (C=O) groups excluding carboxylic acids is 2. The number of benzene rings is 1. The summed E-state index contributed by atoms with van der Waals surface area (Å²) in [4.78, 5) is 25.3. The number of hydrazone groups is 1. The Kier molecular flexibility index (Phi) is 2.87. The highest BCUT2D eigenvalue weighted by atomic mass is 32.2. The van der Waals surface area contributed by atoms with E-state index in [9.17, 15) is 9.59 Å². The first kappa shape index (κ1) is 12.3. The summed E-state index contributed by atoms with van der Waals surface area (Å²) < 4.78 is 0.386. The van der Waals surface area contributed by atoms with Crippen LogP contribution in [-0.2, 0) is 9.59 Å². The molecule has 3 rings (SSSR count). The van der Waals surface area contributed by atoms with Crippen molar-refractivity contribution in [3.05, 3.63) is 29.8 Å². The molecule has 2 aliphatic rings. The third-order valence-electron chi connectivity index (χ3n) is 2.96. The third-order valence-corrected chi connectivity index (χ3v) is 4.29. The standard InChI is InChI=1S/C12H9N3O2S2/c1-14-8-5-3-2-4-7(8)10(11(14)17)13-15-9(16)6-19-12(15)18/h2-5H,6H2,1H3/b13-10-. The van der Waals surface area contributed by atoms with Crippen LogP contribution in [0.3, 0.4) is 0 Å². The van der Waals surface area contributed by atoms with E-state index in [1.165, 1.54) is 16.7 Å². The van der Waals surface area contributed by atoms with Gasteiger partial charge in [0.25, 0.3) is 11.8 Å². The summed E-state index contributed by atoms with van der Waals surface area (Å²) in [6.45, 7) is 0. The van der Waals surface area contributed by atoms with Gasteiger partial charge in [0.1, 0.15) is 0 Å². The van der Waals surface area contributed by atoms with Gasteiger partial charge in [-0.2, -0.15) is 10.1 Å². The zero-order chi connectivity index (χ0) is 13.6. The molecule has 0 atom stereocenters. The van der Waals surface area contributed by atoms with E-state index in [1.807, 2.05) is 24.3 Å². The molecule has 0 spiro atoms. The number of carbonyl (C=O) groups is 2. The Morgan fingerprint density at radius 2 is 2.05 bits per heavy atom. The van der Waals surface area contributed by atoms with Crippen LogP contribution in [0.2, 0.25) is 0 Å². The molecule has 96 valence electrons. The third kappa shape index (κ3) is 1.85. The van der Waals surface area contributed by atoms with Crippen LogP contribution in [0.5, 0.6) is 0 Å². The molecule has 0 saturated carbocycles. The highest BCUT2D eigenvalue weighted by molar-refractivity contribution is 8.23.